The van der Waals surface area contributed by atoms with Gasteiger partial charge in [-0.1, -0.05) is 37.6 Å². The lowest BCUT2D eigenvalue weighted by Gasteiger charge is -2.31. The summed E-state index contributed by atoms with van der Waals surface area (Å²) in [4.78, 5) is 12.6. The lowest BCUT2D eigenvalue weighted by molar-refractivity contribution is -0.127. The predicted molar refractivity (Wildman–Crippen MR) is 86.4 cm³/mol. The minimum absolute atomic E-state index is 0.0527. The summed E-state index contributed by atoms with van der Waals surface area (Å²) in [6, 6.07) is 7.23. The SMILES string of the molecule is CCC(CC)(C(=O)NCCS(C)(=O)=O)c1ccc(Cl)cc1. The second-order valence-electron chi connectivity index (χ2n) is 5.18. The van der Waals surface area contributed by atoms with Crippen LogP contribution in [-0.2, 0) is 20.0 Å². The van der Waals surface area contributed by atoms with E-state index in [4.69, 9.17) is 11.6 Å². The average molecular weight is 332 g/mol. The number of rotatable bonds is 7. The Kier molecular flexibility index (Phi) is 6.23. The van der Waals surface area contributed by atoms with Crippen LogP contribution >= 0.6 is 11.6 Å². The van der Waals surface area contributed by atoms with Crippen LogP contribution in [-0.4, -0.2) is 32.9 Å². The summed E-state index contributed by atoms with van der Waals surface area (Å²) < 4.78 is 22.3. The lowest BCUT2D eigenvalue weighted by Crippen LogP contribution is -2.45. The van der Waals surface area contributed by atoms with Crippen LogP contribution in [0, 0.1) is 0 Å². The summed E-state index contributed by atoms with van der Waals surface area (Å²) >= 11 is 5.89. The molecule has 0 aliphatic carbocycles. The molecule has 0 spiro atoms. The van der Waals surface area contributed by atoms with Crippen LogP contribution in [0.15, 0.2) is 24.3 Å². The number of carbonyl (C=O) groups excluding carboxylic acids is 1. The molecule has 0 saturated carbocycles. The van der Waals surface area contributed by atoms with Gasteiger partial charge in [0.25, 0.3) is 0 Å². The molecule has 0 fully saturated rings. The average Bonchev–Trinajstić information content (AvgIpc) is 2.41. The van der Waals surface area contributed by atoms with E-state index >= 15 is 0 Å². The highest BCUT2D eigenvalue weighted by molar-refractivity contribution is 7.90. The van der Waals surface area contributed by atoms with Crippen LogP contribution < -0.4 is 5.32 Å². The lowest BCUT2D eigenvalue weighted by atomic mass is 9.75. The molecule has 0 bridgehead atoms. The molecule has 0 heterocycles. The third kappa shape index (κ3) is 4.71. The summed E-state index contributed by atoms with van der Waals surface area (Å²) in [5, 5.41) is 3.37. The van der Waals surface area contributed by atoms with Crippen LogP contribution in [0.3, 0.4) is 0 Å². The van der Waals surface area contributed by atoms with Gasteiger partial charge in [-0.15, -0.1) is 0 Å². The molecule has 4 nitrogen and oxygen atoms in total. The van der Waals surface area contributed by atoms with Crippen LogP contribution in [0.5, 0.6) is 0 Å². The zero-order valence-corrected chi connectivity index (χ0v) is 14.2. The summed E-state index contributed by atoms with van der Waals surface area (Å²) in [6.07, 6.45) is 2.43. The van der Waals surface area contributed by atoms with Crippen molar-refractivity contribution in [3.8, 4) is 0 Å². The number of hydrogen-bond acceptors (Lipinski definition) is 3. The van der Waals surface area contributed by atoms with Gasteiger partial charge in [-0.2, -0.15) is 0 Å². The minimum Gasteiger partial charge on any atom is -0.354 e. The van der Waals surface area contributed by atoms with E-state index in [9.17, 15) is 13.2 Å². The highest BCUT2D eigenvalue weighted by atomic mass is 35.5. The van der Waals surface area contributed by atoms with Crippen molar-refractivity contribution in [1.82, 2.24) is 5.32 Å². The Morgan fingerprint density at radius 3 is 2.14 bits per heavy atom. The van der Waals surface area contributed by atoms with Gasteiger partial charge in [0.1, 0.15) is 9.84 Å². The molecule has 0 saturated heterocycles. The maximum Gasteiger partial charge on any atom is 0.230 e. The molecule has 0 aliphatic rings. The highest BCUT2D eigenvalue weighted by Gasteiger charge is 2.36. The van der Waals surface area contributed by atoms with Crippen LogP contribution in [0.1, 0.15) is 32.3 Å². The number of halogens is 1. The van der Waals surface area contributed by atoms with Gasteiger partial charge in [0, 0.05) is 17.8 Å². The van der Waals surface area contributed by atoms with Gasteiger partial charge in [-0.05, 0) is 30.5 Å². The molecule has 6 heteroatoms. The Balaban J connectivity index is 2.94. The summed E-state index contributed by atoms with van der Waals surface area (Å²) in [5.41, 5.74) is 0.246. The first-order valence-electron chi connectivity index (χ1n) is 6.97. The maximum atomic E-state index is 12.6. The molecule has 0 atom stereocenters. The van der Waals surface area contributed by atoms with Gasteiger partial charge in [0.2, 0.25) is 5.91 Å². The Morgan fingerprint density at radius 2 is 1.71 bits per heavy atom. The number of nitrogens with one attached hydrogen (secondary N) is 1. The second-order valence-corrected chi connectivity index (χ2v) is 7.88. The molecule has 21 heavy (non-hydrogen) atoms. The molecule has 0 aliphatic heterocycles. The van der Waals surface area contributed by atoms with Crippen molar-refractivity contribution < 1.29 is 13.2 Å². The van der Waals surface area contributed by atoms with E-state index < -0.39 is 15.3 Å². The van der Waals surface area contributed by atoms with E-state index in [-0.39, 0.29) is 18.2 Å². The number of hydrogen-bond donors (Lipinski definition) is 1. The van der Waals surface area contributed by atoms with Gasteiger partial charge >= 0.3 is 0 Å². The topological polar surface area (TPSA) is 63.2 Å². The Bertz CT molecular complexity index is 577. The van der Waals surface area contributed by atoms with Gasteiger partial charge in [-0.25, -0.2) is 8.42 Å². The largest absolute Gasteiger partial charge is 0.354 e. The van der Waals surface area contributed by atoms with Crippen LogP contribution in [0.4, 0.5) is 0 Å². The molecule has 0 radical (unpaired) electrons. The molecule has 118 valence electrons. The van der Waals surface area contributed by atoms with Crippen molar-refractivity contribution in [2.45, 2.75) is 32.1 Å². The fourth-order valence-electron chi connectivity index (χ4n) is 2.40. The standard InChI is InChI=1S/C15H22ClNO3S/c1-4-15(5-2,12-6-8-13(16)9-7-12)14(18)17-10-11-21(3,19)20/h6-9H,4-5,10-11H2,1-3H3,(H,17,18). The highest BCUT2D eigenvalue weighted by Crippen LogP contribution is 2.32. The number of amides is 1. The van der Waals surface area contributed by atoms with Crippen molar-refractivity contribution in [2.24, 2.45) is 0 Å². The molecule has 1 aromatic rings. The van der Waals surface area contributed by atoms with E-state index in [2.05, 4.69) is 5.32 Å². The quantitative estimate of drug-likeness (QED) is 0.835. The fraction of sp³-hybridized carbons (Fsp3) is 0.533. The summed E-state index contributed by atoms with van der Waals surface area (Å²) in [7, 11) is -3.08. The van der Waals surface area contributed by atoms with Crippen molar-refractivity contribution in [1.29, 1.82) is 0 Å². The molecule has 1 amide bonds. The van der Waals surface area contributed by atoms with Gasteiger partial charge in [0.05, 0.1) is 11.2 Å². The summed E-state index contributed by atoms with van der Waals surface area (Å²) in [5.74, 6) is -0.193. The molecular weight excluding hydrogens is 310 g/mol. The van der Waals surface area contributed by atoms with Gasteiger partial charge in [0.15, 0.2) is 0 Å². The molecular formula is C15H22ClNO3S. The number of carbonyl (C=O) groups is 1. The van der Waals surface area contributed by atoms with Gasteiger partial charge in [-0.3, -0.25) is 4.79 Å². The zero-order valence-electron chi connectivity index (χ0n) is 12.6. The molecule has 0 aromatic heterocycles. The molecule has 1 rings (SSSR count). The number of benzene rings is 1. The summed E-state index contributed by atoms with van der Waals surface area (Å²) in [6.45, 7) is 4.04. The van der Waals surface area contributed by atoms with Gasteiger partial charge < -0.3 is 5.32 Å². The first-order valence-corrected chi connectivity index (χ1v) is 9.41. The van der Waals surface area contributed by atoms with Crippen LogP contribution in [0.25, 0.3) is 0 Å². The van der Waals surface area contributed by atoms with Crippen molar-refractivity contribution >= 4 is 27.3 Å². The molecule has 1 N–H and O–H groups in total. The third-order valence-electron chi connectivity index (χ3n) is 3.80. The maximum absolute atomic E-state index is 12.6. The first kappa shape index (κ1) is 18.0. The fourth-order valence-corrected chi connectivity index (χ4v) is 3.00. The van der Waals surface area contributed by atoms with E-state index in [0.717, 1.165) is 11.8 Å². The van der Waals surface area contributed by atoms with E-state index in [1.807, 2.05) is 26.0 Å². The first-order chi connectivity index (χ1) is 9.75. The minimum atomic E-state index is -3.08. The van der Waals surface area contributed by atoms with E-state index in [1.54, 1.807) is 12.1 Å². The zero-order chi connectivity index (χ0) is 16.1. The van der Waals surface area contributed by atoms with Crippen molar-refractivity contribution in [3.05, 3.63) is 34.9 Å². The normalized spacial score (nSPS) is 12.2. The second kappa shape index (κ2) is 7.27. The molecule has 1 aromatic carbocycles. The van der Waals surface area contributed by atoms with Crippen molar-refractivity contribution in [2.75, 3.05) is 18.6 Å². The van der Waals surface area contributed by atoms with E-state index in [1.165, 1.54) is 0 Å². The van der Waals surface area contributed by atoms with Crippen molar-refractivity contribution in [3.63, 3.8) is 0 Å². The Labute approximate surface area is 131 Å². The van der Waals surface area contributed by atoms with Crippen LogP contribution in [0.2, 0.25) is 5.02 Å². The molecule has 0 unspecified atom stereocenters. The van der Waals surface area contributed by atoms with E-state index in [0.29, 0.717) is 17.9 Å². The third-order valence-corrected chi connectivity index (χ3v) is 4.99. The Morgan fingerprint density at radius 1 is 1.19 bits per heavy atom. The smallest absolute Gasteiger partial charge is 0.230 e. The number of sulfone groups is 1. The predicted octanol–water partition coefficient (Wildman–Crippen LogP) is 2.56. The monoisotopic (exact) mass is 331 g/mol. The Hall–Kier alpha value is -1.07.